The van der Waals surface area contributed by atoms with Gasteiger partial charge in [0.25, 0.3) is 5.91 Å². The molecule has 1 unspecified atom stereocenters. The van der Waals surface area contributed by atoms with Gasteiger partial charge in [-0.25, -0.2) is 0 Å². The molecule has 3 aromatic rings. The van der Waals surface area contributed by atoms with E-state index in [1.54, 1.807) is 55.6 Å². The van der Waals surface area contributed by atoms with Crippen LogP contribution in [0.5, 0.6) is 11.5 Å². The second-order valence-electron chi connectivity index (χ2n) is 6.40. The van der Waals surface area contributed by atoms with Gasteiger partial charge >= 0.3 is 0 Å². The number of hydrogen-bond acceptors (Lipinski definition) is 4. The Morgan fingerprint density at radius 2 is 1.48 bits per heavy atom. The van der Waals surface area contributed by atoms with Gasteiger partial charge in [0.2, 0.25) is 0 Å². The Morgan fingerprint density at radius 3 is 2.17 bits per heavy atom. The summed E-state index contributed by atoms with van der Waals surface area (Å²) in [4.78, 5) is 25.7. The highest BCUT2D eigenvalue weighted by Crippen LogP contribution is 2.28. The van der Waals surface area contributed by atoms with Crippen LogP contribution in [-0.4, -0.2) is 24.9 Å². The van der Waals surface area contributed by atoms with Crippen molar-refractivity contribution in [3.8, 4) is 11.5 Å². The highest BCUT2D eigenvalue weighted by atomic mass is 16.5. The smallest absolute Gasteiger partial charge is 0.265 e. The van der Waals surface area contributed by atoms with Gasteiger partial charge in [-0.15, -0.1) is 0 Å². The Morgan fingerprint density at radius 1 is 0.862 bits per heavy atom. The predicted octanol–water partition coefficient (Wildman–Crippen LogP) is 4.72. The molecule has 0 aliphatic carbocycles. The van der Waals surface area contributed by atoms with Gasteiger partial charge in [-0.05, 0) is 30.7 Å². The fourth-order valence-corrected chi connectivity index (χ4v) is 2.94. The first-order valence-corrected chi connectivity index (χ1v) is 9.43. The minimum Gasteiger partial charge on any atom is -0.493 e. The molecule has 0 bridgehead atoms. The molecule has 1 amide bonds. The largest absolute Gasteiger partial charge is 0.493 e. The fraction of sp³-hybridized carbons (Fsp3) is 0.167. The standard InChI is InChI=1S/C24H23NO4/c1-3-20(29-22-16-10-9-15-21(22)28-2)24(27)25-19-14-8-7-13-18(19)23(26)17-11-5-4-6-12-17/h4-16,20H,3H2,1-2H3,(H,25,27). The molecule has 1 atom stereocenters. The first kappa shape index (κ1) is 20.1. The number of amides is 1. The van der Waals surface area contributed by atoms with Crippen LogP contribution >= 0.6 is 0 Å². The molecule has 5 heteroatoms. The van der Waals surface area contributed by atoms with E-state index >= 15 is 0 Å². The molecule has 5 nitrogen and oxygen atoms in total. The molecule has 1 N–H and O–H groups in total. The van der Waals surface area contributed by atoms with E-state index in [0.29, 0.717) is 34.7 Å². The zero-order valence-corrected chi connectivity index (χ0v) is 16.4. The Balaban J connectivity index is 1.80. The zero-order valence-electron chi connectivity index (χ0n) is 16.4. The van der Waals surface area contributed by atoms with E-state index in [0.717, 1.165) is 0 Å². The third-order valence-corrected chi connectivity index (χ3v) is 4.47. The summed E-state index contributed by atoms with van der Waals surface area (Å²) in [5, 5.41) is 2.84. The van der Waals surface area contributed by atoms with Crippen molar-refractivity contribution >= 4 is 17.4 Å². The van der Waals surface area contributed by atoms with Gasteiger partial charge in [-0.3, -0.25) is 9.59 Å². The molecule has 0 aliphatic heterocycles. The Hall–Kier alpha value is -3.60. The van der Waals surface area contributed by atoms with Gasteiger partial charge in [-0.1, -0.05) is 61.5 Å². The molecule has 3 rings (SSSR count). The Bertz CT molecular complexity index is 985. The topological polar surface area (TPSA) is 64.6 Å². The third-order valence-electron chi connectivity index (χ3n) is 4.47. The number of ketones is 1. The average Bonchev–Trinajstić information content (AvgIpc) is 2.78. The molecule has 0 aliphatic rings. The van der Waals surface area contributed by atoms with Crippen molar-refractivity contribution in [1.82, 2.24) is 0 Å². The van der Waals surface area contributed by atoms with Crippen molar-refractivity contribution in [2.75, 3.05) is 12.4 Å². The second-order valence-corrected chi connectivity index (χ2v) is 6.40. The van der Waals surface area contributed by atoms with Crippen molar-refractivity contribution in [2.45, 2.75) is 19.4 Å². The number of anilines is 1. The third kappa shape index (κ3) is 4.82. The molecule has 0 saturated heterocycles. The molecule has 148 valence electrons. The van der Waals surface area contributed by atoms with Gasteiger partial charge in [0.05, 0.1) is 12.8 Å². The molecule has 0 heterocycles. The summed E-state index contributed by atoms with van der Waals surface area (Å²) < 4.78 is 11.2. The number of para-hydroxylation sites is 3. The van der Waals surface area contributed by atoms with Crippen LogP contribution in [0.2, 0.25) is 0 Å². The highest BCUT2D eigenvalue weighted by Gasteiger charge is 2.22. The van der Waals surface area contributed by atoms with E-state index in [1.807, 2.05) is 37.3 Å². The van der Waals surface area contributed by atoms with Crippen LogP contribution < -0.4 is 14.8 Å². The van der Waals surface area contributed by atoms with E-state index in [4.69, 9.17) is 9.47 Å². The molecule has 0 saturated carbocycles. The number of methoxy groups -OCH3 is 1. The van der Waals surface area contributed by atoms with Crippen molar-refractivity contribution < 1.29 is 19.1 Å². The molecular weight excluding hydrogens is 366 g/mol. The summed E-state index contributed by atoms with van der Waals surface area (Å²) in [6.45, 7) is 1.86. The average molecular weight is 389 g/mol. The molecule has 29 heavy (non-hydrogen) atoms. The summed E-state index contributed by atoms with van der Waals surface area (Å²) in [5.74, 6) is 0.566. The van der Waals surface area contributed by atoms with E-state index in [-0.39, 0.29) is 11.7 Å². The summed E-state index contributed by atoms with van der Waals surface area (Å²) in [6, 6.07) is 23.1. The van der Waals surface area contributed by atoms with Gasteiger partial charge in [0.1, 0.15) is 0 Å². The zero-order chi connectivity index (χ0) is 20.6. The van der Waals surface area contributed by atoms with E-state index in [9.17, 15) is 9.59 Å². The number of benzene rings is 3. The lowest BCUT2D eigenvalue weighted by Gasteiger charge is -2.19. The second kappa shape index (κ2) is 9.55. The van der Waals surface area contributed by atoms with Crippen LogP contribution in [0.15, 0.2) is 78.9 Å². The van der Waals surface area contributed by atoms with Crippen molar-refractivity contribution in [1.29, 1.82) is 0 Å². The normalized spacial score (nSPS) is 11.4. The maximum atomic E-state index is 12.9. The van der Waals surface area contributed by atoms with Crippen LogP contribution in [0.3, 0.4) is 0 Å². The number of hydrogen-bond donors (Lipinski definition) is 1. The minimum absolute atomic E-state index is 0.153. The number of ether oxygens (including phenoxy) is 2. The number of rotatable bonds is 8. The molecule has 0 spiro atoms. The maximum absolute atomic E-state index is 12.9. The molecule has 3 aromatic carbocycles. The highest BCUT2D eigenvalue weighted by molar-refractivity contribution is 6.14. The molecular formula is C24H23NO4. The van der Waals surface area contributed by atoms with E-state index < -0.39 is 6.10 Å². The summed E-state index contributed by atoms with van der Waals surface area (Å²) in [5.41, 5.74) is 1.44. The van der Waals surface area contributed by atoms with E-state index in [2.05, 4.69) is 5.32 Å². The SMILES string of the molecule is CCC(Oc1ccccc1OC)C(=O)Nc1ccccc1C(=O)c1ccccc1. The van der Waals surface area contributed by atoms with Gasteiger partial charge < -0.3 is 14.8 Å². The number of carbonyl (C=O) groups is 2. The summed E-state index contributed by atoms with van der Waals surface area (Å²) >= 11 is 0. The molecule has 0 radical (unpaired) electrons. The first-order chi connectivity index (χ1) is 14.1. The minimum atomic E-state index is -0.730. The number of nitrogens with one attached hydrogen (secondary N) is 1. The van der Waals surface area contributed by atoms with Crippen LogP contribution in [0, 0.1) is 0 Å². The maximum Gasteiger partial charge on any atom is 0.265 e. The summed E-state index contributed by atoms with van der Waals surface area (Å²) in [7, 11) is 1.55. The lowest BCUT2D eigenvalue weighted by molar-refractivity contribution is -0.122. The van der Waals surface area contributed by atoms with Crippen LogP contribution in [0.1, 0.15) is 29.3 Å². The quantitative estimate of drug-likeness (QED) is 0.566. The van der Waals surface area contributed by atoms with Crippen LogP contribution in [0.4, 0.5) is 5.69 Å². The first-order valence-electron chi connectivity index (χ1n) is 9.43. The molecule has 0 fully saturated rings. The monoisotopic (exact) mass is 389 g/mol. The number of carbonyl (C=O) groups excluding carboxylic acids is 2. The van der Waals surface area contributed by atoms with Gasteiger partial charge in [-0.2, -0.15) is 0 Å². The van der Waals surface area contributed by atoms with Crippen molar-refractivity contribution in [3.63, 3.8) is 0 Å². The van der Waals surface area contributed by atoms with Crippen molar-refractivity contribution in [2.24, 2.45) is 0 Å². The van der Waals surface area contributed by atoms with Crippen molar-refractivity contribution in [3.05, 3.63) is 90.0 Å². The van der Waals surface area contributed by atoms with Gasteiger partial charge in [0, 0.05) is 11.1 Å². The predicted molar refractivity (Wildman–Crippen MR) is 113 cm³/mol. The Kier molecular flexibility index (Phi) is 6.63. The molecule has 0 aromatic heterocycles. The lowest BCUT2D eigenvalue weighted by atomic mass is 10.0. The fourth-order valence-electron chi connectivity index (χ4n) is 2.94. The Labute approximate surface area is 170 Å². The van der Waals surface area contributed by atoms with Gasteiger partial charge in [0.15, 0.2) is 23.4 Å². The lowest BCUT2D eigenvalue weighted by Crippen LogP contribution is -2.33. The van der Waals surface area contributed by atoms with Crippen LogP contribution in [-0.2, 0) is 4.79 Å². The summed E-state index contributed by atoms with van der Waals surface area (Å²) in [6.07, 6.45) is -0.273. The van der Waals surface area contributed by atoms with E-state index in [1.165, 1.54) is 0 Å². The van der Waals surface area contributed by atoms with Crippen LogP contribution in [0.25, 0.3) is 0 Å².